The molecule has 1 aromatic carbocycles. The molecule has 5 rings (SSSR count). The van der Waals surface area contributed by atoms with E-state index in [0.717, 1.165) is 49.3 Å². The summed E-state index contributed by atoms with van der Waals surface area (Å²) in [4.78, 5) is 20.7. The number of piperidine rings is 1. The number of oxazole rings is 1. The molecule has 0 aliphatic carbocycles. The number of benzene rings is 1. The SMILES string of the molecule is O=C(C1CC(c2cccs2)NN1)N1CCC(c2nc3cc(Cl)ccc3o2)CC1. The topological polar surface area (TPSA) is 70.4 Å². The zero-order valence-electron chi connectivity index (χ0n) is 15.2. The van der Waals surface area contributed by atoms with E-state index in [0.29, 0.717) is 5.02 Å². The zero-order chi connectivity index (χ0) is 19.1. The van der Waals surface area contributed by atoms with Crippen LogP contribution in [0.1, 0.15) is 42.0 Å². The van der Waals surface area contributed by atoms with Gasteiger partial charge in [-0.3, -0.25) is 4.79 Å². The summed E-state index contributed by atoms with van der Waals surface area (Å²) in [5.74, 6) is 1.17. The lowest BCUT2D eigenvalue weighted by molar-refractivity contribution is -0.134. The predicted molar refractivity (Wildman–Crippen MR) is 109 cm³/mol. The van der Waals surface area contributed by atoms with Crippen LogP contribution in [-0.2, 0) is 4.79 Å². The van der Waals surface area contributed by atoms with E-state index in [1.54, 1.807) is 11.3 Å². The van der Waals surface area contributed by atoms with Gasteiger partial charge in [0.15, 0.2) is 11.5 Å². The molecule has 6 nitrogen and oxygen atoms in total. The average Bonchev–Trinajstić information content (AvgIpc) is 3.46. The van der Waals surface area contributed by atoms with Crippen LogP contribution in [0.15, 0.2) is 40.1 Å². The number of carbonyl (C=O) groups is 1. The Hall–Kier alpha value is -1.93. The van der Waals surface area contributed by atoms with Gasteiger partial charge in [0.25, 0.3) is 0 Å². The number of hydrogen-bond acceptors (Lipinski definition) is 6. The van der Waals surface area contributed by atoms with Gasteiger partial charge >= 0.3 is 0 Å². The number of rotatable bonds is 3. The van der Waals surface area contributed by atoms with E-state index < -0.39 is 0 Å². The predicted octanol–water partition coefficient (Wildman–Crippen LogP) is 3.86. The molecule has 28 heavy (non-hydrogen) atoms. The van der Waals surface area contributed by atoms with Gasteiger partial charge in [0.05, 0.1) is 6.04 Å². The number of thiophene rings is 1. The molecule has 2 saturated heterocycles. The van der Waals surface area contributed by atoms with Crippen LogP contribution in [0, 0.1) is 0 Å². The van der Waals surface area contributed by atoms with Crippen molar-refractivity contribution in [2.75, 3.05) is 13.1 Å². The van der Waals surface area contributed by atoms with Gasteiger partial charge in [-0.05, 0) is 48.9 Å². The second-order valence-electron chi connectivity index (χ2n) is 7.41. The Labute approximate surface area is 171 Å². The first-order chi connectivity index (χ1) is 13.7. The van der Waals surface area contributed by atoms with Crippen LogP contribution in [0.25, 0.3) is 11.1 Å². The highest BCUT2D eigenvalue weighted by atomic mass is 35.5. The van der Waals surface area contributed by atoms with Crippen molar-refractivity contribution in [2.45, 2.75) is 37.3 Å². The highest BCUT2D eigenvalue weighted by Crippen LogP contribution is 2.32. The van der Waals surface area contributed by atoms with Crippen molar-refractivity contribution in [3.8, 4) is 0 Å². The van der Waals surface area contributed by atoms with Crippen LogP contribution in [0.4, 0.5) is 0 Å². The summed E-state index contributed by atoms with van der Waals surface area (Å²) in [5.41, 5.74) is 8.00. The molecule has 0 spiro atoms. The van der Waals surface area contributed by atoms with Crippen molar-refractivity contribution in [3.63, 3.8) is 0 Å². The monoisotopic (exact) mass is 416 g/mol. The number of halogens is 1. The number of amides is 1. The first-order valence-corrected chi connectivity index (χ1v) is 10.8. The van der Waals surface area contributed by atoms with E-state index in [-0.39, 0.29) is 23.9 Å². The van der Waals surface area contributed by atoms with Gasteiger partial charge in [0, 0.05) is 28.9 Å². The minimum Gasteiger partial charge on any atom is -0.440 e. The van der Waals surface area contributed by atoms with Gasteiger partial charge in [-0.2, -0.15) is 0 Å². The Bertz CT molecular complexity index is 981. The van der Waals surface area contributed by atoms with Crippen molar-refractivity contribution in [3.05, 3.63) is 51.5 Å². The molecule has 0 saturated carbocycles. The summed E-state index contributed by atoms with van der Waals surface area (Å²) in [7, 11) is 0. The summed E-state index contributed by atoms with van der Waals surface area (Å²) < 4.78 is 5.92. The molecule has 8 heteroatoms. The molecule has 2 atom stereocenters. The van der Waals surface area contributed by atoms with Crippen molar-refractivity contribution < 1.29 is 9.21 Å². The zero-order valence-corrected chi connectivity index (χ0v) is 16.8. The second-order valence-corrected chi connectivity index (χ2v) is 8.82. The Morgan fingerprint density at radius 2 is 2.11 bits per heavy atom. The van der Waals surface area contributed by atoms with Crippen molar-refractivity contribution >= 4 is 39.9 Å². The van der Waals surface area contributed by atoms with Crippen LogP contribution in [0.2, 0.25) is 5.02 Å². The summed E-state index contributed by atoms with van der Waals surface area (Å²) in [5, 5.41) is 2.73. The van der Waals surface area contributed by atoms with Gasteiger partial charge < -0.3 is 9.32 Å². The highest BCUT2D eigenvalue weighted by Gasteiger charge is 2.35. The maximum Gasteiger partial charge on any atom is 0.241 e. The molecule has 2 fully saturated rings. The Morgan fingerprint density at radius 3 is 2.89 bits per heavy atom. The van der Waals surface area contributed by atoms with Crippen molar-refractivity contribution in [2.24, 2.45) is 0 Å². The minimum atomic E-state index is -0.171. The number of carbonyl (C=O) groups excluding carboxylic acids is 1. The molecule has 0 bridgehead atoms. The number of aromatic nitrogens is 1. The molecular formula is C20H21ClN4O2S. The standard InChI is InChI=1S/C20H21ClN4O2S/c21-13-3-4-17-14(10-13)22-19(27-17)12-5-7-25(8-6-12)20(26)16-11-15(23-24-16)18-2-1-9-28-18/h1-4,9-10,12,15-16,23-24H,5-8,11H2. The maximum atomic E-state index is 12.9. The van der Waals surface area contributed by atoms with Crippen LogP contribution in [0.5, 0.6) is 0 Å². The third-order valence-electron chi connectivity index (χ3n) is 5.61. The fourth-order valence-corrected chi connectivity index (χ4v) is 5.01. The van der Waals surface area contributed by atoms with Gasteiger partial charge in [0.1, 0.15) is 11.6 Å². The summed E-state index contributed by atoms with van der Waals surface area (Å²) >= 11 is 7.75. The molecule has 2 aliphatic heterocycles. The van der Waals surface area contributed by atoms with E-state index >= 15 is 0 Å². The van der Waals surface area contributed by atoms with Crippen LogP contribution < -0.4 is 10.9 Å². The largest absolute Gasteiger partial charge is 0.440 e. The molecule has 0 radical (unpaired) electrons. The smallest absolute Gasteiger partial charge is 0.241 e. The number of likely N-dealkylation sites (tertiary alicyclic amines) is 1. The fourth-order valence-electron chi connectivity index (χ4n) is 4.05. The minimum absolute atomic E-state index is 0.171. The first-order valence-electron chi connectivity index (χ1n) is 9.56. The number of fused-ring (bicyclic) bond motifs is 1. The van der Waals surface area contributed by atoms with Crippen LogP contribution in [-0.4, -0.2) is 34.9 Å². The molecule has 2 aliphatic rings. The van der Waals surface area contributed by atoms with Crippen LogP contribution in [0.3, 0.4) is 0 Å². The molecule has 1 amide bonds. The highest BCUT2D eigenvalue weighted by molar-refractivity contribution is 7.10. The summed E-state index contributed by atoms with van der Waals surface area (Å²) in [6.45, 7) is 1.45. The van der Waals surface area contributed by atoms with E-state index in [1.165, 1.54) is 4.88 Å². The molecule has 2 N–H and O–H groups in total. The lowest BCUT2D eigenvalue weighted by atomic mass is 9.96. The van der Waals surface area contributed by atoms with Gasteiger partial charge in [0.2, 0.25) is 5.91 Å². The van der Waals surface area contributed by atoms with Crippen molar-refractivity contribution in [1.82, 2.24) is 20.7 Å². The van der Waals surface area contributed by atoms with Gasteiger partial charge in [-0.25, -0.2) is 15.8 Å². The normalized spacial score (nSPS) is 23.5. The first kappa shape index (κ1) is 18.1. The van der Waals surface area contributed by atoms with E-state index in [9.17, 15) is 4.79 Å². The van der Waals surface area contributed by atoms with Crippen LogP contribution >= 0.6 is 22.9 Å². The number of hydrazine groups is 1. The molecule has 4 heterocycles. The third kappa shape index (κ3) is 3.43. The number of nitrogens with one attached hydrogen (secondary N) is 2. The van der Waals surface area contributed by atoms with Crippen molar-refractivity contribution in [1.29, 1.82) is 0 Å². The molecule has 2 aromatic heterocycles. The fraction of sp³-hybridized carbons (Fsp3) is 0.400. The quantitative estimate of drug-likeness (QED) is 0.678. The Morgan fingerprint density at radius 1 is 1.25 bits per heavy atom. The number of hydrogen-bond donors (Lipinski definition) is 2. The molecule has 3 aromatic rings. The second kappa shape index (κ2) is 7.48. The lowest BCUT2D eigenvalue weighted by Crippen LogP contribution is -2.48. The Balaban J connectivity index is 1.20. The van der Waals surface area contributed by atoms with E-state index in [1.807, 2.05) is 29.2 Å². The molecular weight excluding hydrogens is 396 g/mol. The third-order valence-corrected chi connectivity index (χ3v) is 6.83. The molecule has 146 valence electrons. The van der Waals surface area contributed by atoms with Gasteiger partial charge in [-0.1, -0.05) is 17.7 Å². The molecule has 2 unspecified atom stereocenters. The Kier molecular flexibility index (Phi) is 4.84. The van der Waals surface area contributed by atoms with E-state index in [2.05, 4.69) is 27.3 Å². The van der Waals surface area contributed by atoms with E-state index in [4.69, 9.17) is 16.0 Å². The number of nitrogens with zero attached hydrogens (tertiary/aromatic N) is 2. The summed E-state index contributed by atoms with van der Waals surface area (Å²) in [6, 6.07) is 9.68. The van der Waals surface area contributed by atoms with Gasteiger partial charge in [-0.15, -0.1) is 11.3 Å². The maximum absolute atomic E-state index is 12.9. The summed E-state index contributed by atoms with van der Waals surface area (Å²) in [6.07, 6.45) is 2.51. The average molecular weight is 417 g/mol. The lowest BCUT2D eigenvalue weighted by Gasteiger charge is -2.32.